The van der Waals surface area contributed by atoms with Gasteiger partial charge >= 0.3 is 0 Å². The molecule has 5 nitrogen and oxygen atoms in total. The Hall–Kier alpha value is -2.73. The molecule has 0 aromatic heterocycles. The highest BCUT2D eigenvalue weighted by molar-refractivity contribution is 6.04. The molecule has 1 aliphatic rings. The van der Waals surface area contributed by atoms with Crippen molar-refractivity contribution in [3.05, 3.63) is 65.5 Å². The van der Waals surface area contributed by atoms with E-state index in [1.165, 1.54) is 24.3 Å². The normalized spacial score (nSPS) is 16.4. The summed E-state index contributed by atoms with van der Waals surface area (Å²) >= 11 is 0. The van der Waals surface area contributed by atoms with E-state index >= 15 is 0 Å². The molecule has 130 valence electrons. The molecule has 0 saturated carbocycles. The van der Waals surface area contributed by atoms with Gasteiger partial charge in [0, 0.05) is 30.0 Å². The second kappa shape index (κ2) is 7.90. The molecule has 0 bridgehead atoms. The van der Waals surface area contributed by atoms with Crippen LogP contribution in [-0.4, -0.2) is 31.1 Å². The summed E-state index contributed by atoms with van der Waals surface area (Å²) in [6.07, 6.45) is 2.09. The molecular formula is C19H19FN2O3. The number of amides is 2. The highest BCUT2D eigenvalue weighted by atomic mass is 19.1. The molecule has 3 rings (SSSR count). The Morgan fingerprint density at radius 2 is 1.64 bits per heavy atom. The number of carbonyl (C=O) groups excluding carboxylic acids is 2. The van der Waals surface area contributed by atoms with Gasteiger partial charge in [0.15, 0.2) is 0 Å². The molecule has 6 heteroatoms. The molecule has 2 amide bonds. The zero-order valence-electron chi connectivity index (χ0n) is 13.6. The van der Waals surface area contributed by atoms with Gasteiger partial charge < -0.3 is 15.4 Å². The summed E-state index contributed by atoms with van der Waals surface area (Å²) in [5, 5.41) is 5.55. The van der Waals surface area contributed by atoms with Crippen molar-refractivity contribution in [1.82, 2.24) is 5.32 Å². The van der Waals surface area contributed by atoms with Crippen LogP contribution in [0.1, 0.15) is 33.6 Å². The number of rotatable bonds is 5. The third-order valence-electron chi connectivity index (χ3n) is 4.03. The Morgan fingerprint density at radius 1 is 1.00 bits per heavy atom. The van der Waals surface area contributed by atoms with Crippen molar-refractivity contribution in [2.75, 3.05) is 18.5 Å². The Labute approximate surface area is 145 Å². The minimum Gasteiger partial charge on any atom is -0.376 e. The van der Waals surface area contributed by atoms with Gasteiger partial charge in [-0.05, 0) is 61.4 Å². The highest BCUT2D eigenvalue weighted by Gasteiger charge is 2.16. The van der Waals surface area contributed by atoms with E-state index in [0.717, 1.165) is 19.4 Å². The largest absolute Gasteiger partial charge is 0.376 e. The lowest BCUT2D eigenvalue weighted by molar-refractivity contribution is 0.0857. The first kappa shape index (κ1) is 17.1. The van der Waals surface area contributed by atoms with Crippen LogP contribution < -0.4 is 10.6 Å². The fourth-order valence-electron chi connectivity index (χ4n) is 2.62. The molecule has 1 fully saturated rings. The SMILES string of the molecule is O=C(NC[C@@H]1CCCO1)c1ccc(NC(=O)c2ccc(F)cc2)cc1. The van der Waals surface area contributed by atoms with Gasteiger partial charge in [-0.25, -0.2) is 4.39 Å². The number of benzene rings is 2. The first-order valence-electron chi connectivity index (χ1n) is 8.18. The van der Waals surface area contributed by atoms with Crippen LogP contribution in [0.5, 0.6) is 0 Å². The lowest BCUT2D eigenvalue weighted by Crippen LogP contribution is -2.31. The molecule has 1 atom stereocenters. The first-order chi connectivity index (χ1) is 12.1. The summed E-state index contributed by atoms with van der Waals surface area (Å²) in [6.45, 7) is 1.25. The van der Waals surface area contributed by atoms with Crippen molar-refractivity contribution >= 4 is 17.5 Å². The molecule has 0 aliphatic carbocycles. The maximum atomic E-state index is 12.9. The molecule has 2 aromatic carbocycles. The number of hydrogen-bond acceptors (Lipinski definition) is 3. The van der Waals surface area contributed by atoms with Gasteiger partial charge in [0.25, 0.3) is 11.8 Å². The number of nitrogens with one attached hydrogen (secondary N) is 2. The number of hydrogen-bond donors (Lipinski definition) is 2. The molecule has 2 N–H and O–H groups in total. The summed E-state index contributed by atoms with van der Waals surface area (Å²) < 4.78 is 18.3. The van der Waals surface area contributed by atoms with Gasteiger partial charge in [-0.1, -0.05) is 0 Å². The predicted molar refractivity (Wildman–Crippen MR) is 92.1 cm³/mol. The quantitative estimate of drug-likeness (QED) is 0.878. The zero-order chi connectivity index (χ0) is 17.6. The van der Waals surface area contributed by atoms with Crippen LogP contribution in [0.3, 0.4) is 0 Å². The van der Waals surface area contributed by atoms with E-state index in [0.29, 0.717) is 23.4 Å². The maximum Gasteiger partial charge on any atom is 0.255 e. The second-order valence-corrected chi connectivity index (χ2v) is 5.88. The van der Waals surface area contributed by atoms with Gasteiger partial charge in [-0.15, -0.1) is 0 Å². The first-order valence-corrected chi connectivity index (χ1v) is 8.18. The van der Waals surface area contributed by atoms with Crippen molar-refractivity contribution in [1.29, 1.82) is 0 Å². The Balaban J connectivity index is 1.55. The van der Waals surface area contributed by atoms with E-state index in [9.17, 15) is 14.0 Å². The third-order valence-corrected chi connectivity index (χ3v) is 4.03. The van der Waals surface area contributed by atoms with Gasteiger partial charge in [0.05, 0.1) is 6.10 Å². The molecule has 2 aromatic rings. The molecule has 1 saturated heterocycles. The number of ether oxygens (including phenoxy) is 1. The van der Waals surface area contributed by atoms with Crippen LogP contribution in [0.15, 0.2) is 48.5 Å². The smallest absolute Gasteiger partial charge is 0.255 e. The van der Waals surface area contributed by atoms with Crippen LogP contribution in [0.4, 0.5) is 10.1 Å². The van der Waals surface area contributed by atoms with E-state index in [4.69, 9.17) is 4.74 Å². The average molecular weight is 342 g/mol. The van der Waals surface area contributed by atoms with Crippen LogP contribution in [0.2, 0.25) is 0 Å². The predicted octanol–water partition coefficient (Wildman–Crippen LogP) is 2.99. The van der Waals surface area contributed by atoms with Crippen molar-refractivity contribution in [2.45, 2.75) is 18.9 Å². The lowest BCUT2D eigenvalue weighted by Gasteiger charge is -2.11. The highest BCUT2D eigenvalue weighted by Crippen LogP contribution is 2.13. The van der Waals surface area contributed by atoms with E-state index in [1.54, 1.807) is 24.3 Å². The Kier molecular flexibility index (Phi) is 5.40. The monoisotopic (exact) mass is 342 g/mol. The van der Waals surface area contributed by atoms with Crippen molar-refractivity contribution in [3.63, 3.8) is 0 Å². The fraction of sp³-hybridized carbons (Fsp3) is 0.263. The third kappa shape index (κ3) is 4.64. The van der Waals surface area contributed by atoms with Crippen LogP contribution in [-0.2, 0) is 4.74 Å². The topological polar surface area (TPSA) is 67.4 Å². The Bertz CT molecular complexity index is 738. The standard InChI is InChI=1S/C19H19FN2O3/c20-15-7-3-14(4-8-15)19(24)22-16-9-5-13(6-10-16)18(23)21-12-17-2-1-11-25-17/h3-10,17H,1-2,11-12H2,(H,21,23)(H,22,24)/t17-/m0/s1. The summed E-state index contributed by atoms with van der Waals surface area (Å²) in [7, 11) is 0. The zero-order valence-corrected chi connectivity index (χ0v) is 13.6. The van der Waals surface area contributed by atoms with Crippen molar-refractivity contribution < 1.29 is 18.7 Å². The number of carbonyl (C=O) groups is 2. The minimum atomic E-state index is -0.394. The molecule has 0 unspecified atom stereocenters. The number of anilines is 1. The molecule has 0 spiro atoms. The van der Waals surface area contributed by atoms with Crippen molar-refractivity contribution in [3.8, 4) is 0 Å². The van der Waals surface area contributed by atoms with E-state index in [2.05, 4.69) is 10.6 Å². The second-order valence-electron chi connectivity index (χ2n) is 5.88. The summed E-state index contributed by atoms with van der Waals surface area (Å²) in [4.78, 5) is 24.2. The summed E-state index contributed by atoms with van der Waals surface area (Å²) in [5.74, 6) is -0.905. The lowest BCUT2D eigenvalue weighted by atomic mass is 10.1. The Morgan fingerprint density at radius 3 is 2.28 bits per heavy atom. The maximum absolute atomic E-state index is 12.9. The minimum absolute atomic E-state index is 0.0956. The van der Waals surface area contributed by atoms with Gasteiger partial charge in [-0.2, -0.15) is 0 Å². The average Bonchev–Trinajstić information content (AvgIpc) is 3.14. The van der Waals surface area contributed by atoms with Gasteiger partial charge in [0.2, 0.25) is 0 Å². The van der Waals surface area contributed by atoms with Crippen LogP contribution in [0, 0.1) is 5.82 Å². The molecule has 1 heterocycles. The molecular weight excluding hydrogens is 323 g/mol. The number of halogens is 1. The van der Waals surface area contributed by atoms with E-state index in [-0.39, 0.29) is 17.9 Å². The molecule has 1 aliphatic heterocycles. The summed E-state index contributed by atoms with van der Waals surface area (Å²) in [6, 6.07) is 11.9. The van der Waals surface area contributed by atoms with Crippen LogP contribution in [0.25, 0.3) is 0 Å². The van der Waals surface area contributed by atoms with E-state index in [1.807, 2.05) is 0 Å². The van der Waals surface area contributed by atoms with Crippen molar-refractivity contribution in [2.24, 2.45) is 0 Å². The summed E-state index contributed by atoms with van der Waals surface area (Å²) in [5.41, 5.74) is 1.43. The van der Waals surface area contributed by atoms with E-state index < -0.39 is 5.82 Å². The van der Waals surface area contributed by atoms with Gasteiger partial charge in [-0.3, -0.25) is 9.59 Å². The molecule has 25 heavy (non-hydrogen) atoms. The fourth-order valence-corrected chi connectivity index (χ4v) is 2.62. The van der Waals surface area contributed by atoms with Crippen LogP contribution >= 0.6 is 0 Å². The van der Waals surface area contributed by atoms with Gasteiger partial charge in [0.1, 0.15) is 5.82 Å². The molecule has 0 radical (unpaired) electrons.